The smallest absolute Gasteiger partial charge is 0.407 e. The summed E-state index contributed by atoms with van der Waals surface area (Å²) >= 11 is 0. The zero-order valence-electron chi connectivity index (χ0n) is 15.4. The van der Waals surface area contributed by atoms with Gasteiger partial charge in [-0.3, -0.25) is 0 Å². The molecule has 1 amide bonds. The number of carbonyl (C=O) groups excluding carboxylic acids is 1. The second-order valence-corrected chi connectivity index (χ2v) is 6.59. The molecule has 29 heavy (non-hydrogen) atoms. The third-order valence-corrected chi connectivity index (χ3v) is 4.63. The van der Waals surface area contributed by atoms with Gasteiger partial charge in [0.2, 0.25) is 0 Å². The van der Waals surface area contributed by atoms with Crippen molar-refractivity contribution in [2.75, 3.05) is 19.8 Å². The van der Waals surface area contributed by atoms with Crippen molar-refractivity contribution in [2.24, 2.45) is 0 Å². The van der Waals surface area contributed by atoms with Crippen LogP contribution in [-0.2, 0) is 18.9 Å². The minimum absolute atomic E-state index is 0.129. The minimum atomic E-state index is -1.77. The van der Waals surface area contributed by atoms with Crippen molar-refractivity contribution in [3.63, 3.8) is 0 Å². The number of amides is 1. The van der Waals surface area contributed by atoms with E-state index in [9.17, 15) is 40.5 Å². The van der Waals surface area contributed by atoms with Gasteiger partial charge in [-0.15, -0.1) is 0 Å². The molecule has 2 aliphatic heterocycles. The first kappa shape index (κ1) is 23.9. The minimum Gasteiger partial charge on any atom is -0.445 e. The van der Waals surface area contributed by atoms with Gasteiger partial charge in [0.05, 0.1) is 13.2 Å². The first-order valence-electron chi connectivity index (χ1n) is 8.87. The first-order chi connectivity index (χ1) is 13.7. The van der Waals surface area contributed by atoms with Crippen molar-refractivity contribution in [3.05, 3.63) is 12.7 Å². The number of nitrogens with one attached hydrogen (secondary N) is 1. The highest BCUT2D eigenvalue weighted by Crippen LogP contribution is 2.28. The Hall–Kier alpha value is -1.39. The van der Waals surface area contributed by atoms with Crippen LogP contribution in [0.3, 0.4) is 0 Å². The Balaban J connectivity index is 2.13. The van der Waals surface area contributed by atoms with Crippen LogP contribution in [0.2, 0.25) is 0 Å². The SMILES string of the molecule is C=CCOC(=O)N[C@@H]1[C@H](O)[C@H](O[C@H]2O[C@@H](CO)[C@H](O)[C@@H](O)[C@H]2O)[C@@H](CO)O[C@H]1O. The quantitative estimate of drug-likeness (QED) is 0.182. The lowest BCUT2D eigenvalue weighted by Crippen LogP contribution is -2.67. The molecule has 0 aliphatic carbocycles. The van der Waals surface area contributed by atoms with Crippen molar-refractivity contribution >= 4 is 6.09 Å². The van der Waals surface area contributed by atoms with Gasteiger partial charge in [-0.1, -0.05) is 12.7 Å². The monoisotopic (exact) mass is 425 g/mol. The predicted octanol–water partition coefficient (Wildman–Crippen LogP) is -4.48. The number of rotatable bonds is 7. The Bertz CT molecular complexity index is 548. The summed E-state index contributed by atoms with van der Waals surface area (Å²) in [5.41, 5.74) is 0. The average molecular weight is 425 g/mol. The second kappa shape index (κ2) is 10.6. The molecule has 2 heterocycles. The van der Waals surface area contributed by atoms with Crippen molar-refractivity contribution in [1.82, 2.24) is 5.32 Å². The third kappa shape index (κ3) is 5.40. The molecular formula is C16H27NO12. The fourth-order valence-corrected chi connectivity index (χ4v) is 3.05. The lowest BCUT2D eigenvalue weighted by Gasteiger charge is -2.46. The molecule has 0 aromatic heterocycles. The van der Waals surface area contributed by atoms with Gasteiger partial charge in [-0.05, 0) is 0 Å². The molecule has 0 bridgehead atoms. The van der Waals surface area contributed by atoms with Gasteiger partial charge in [0.1, 0.15) is 55.4 Å². The maximum Gasteiger partial charge on any atom is 0.407 e. The summed E-state index contributed by atoms with van der Waals surface area (Å²) in [7, 11) is 0. The molecule has 10 atom stereocenters. The fraction of sp³-hybridized carbons (Fsp3) is 0.812. The number of aliphatic hydroxyl groups excluding tert-OH is 7. The maximum atomic E-state index is 11.7. The first-order valence-corrected chi connectivity index (χ1v) is 8.87. The van der Waals surface area contributed by atoms with Crippen molar-refractivity contribution in [2.45, 2.75) is 61.3 Å². The molecule has 8 N–H and O–H groups in total. The largest absolute Gasteiger partial charge is 0.445 e. The zero-order valence-corrected chi connectivity index (χ0v) is 15.4. The van der Waals surface area contributed by atoms with Gasteiger partial charge in [0.25, 0.3) is 0 Å². The average Bonchev–Trinajstić information content (AvgIpc) is 2.71. The molecule has 0 radical (unpaired) electrons. The number of hydrogen-bond acceptors (Lipinski definition) is 12. The van der Waals surface area contributed by atoms with Gasteiger partial charge in [-0.25, -0.2) is 4.79 Å². The van der Waals surface area contributed by atoms with Crippen LogP contribution in [0, 0.1) is 0 Å². The summed E-state index contributed by atoms with van der Waals surface area (Å²) in [6, 6.07) is -1.44. The number of carbonyl (C=O) groups is 1. The molecule has 13 nitrogen and oxygen atoms in total. The molecule has 2 fully saturated rings. The number of ether oxygens (including phenoxy) is 4. The van der Waals surface area contributed by atoms with Crippen LogP contribution >= 0.6 is 0 Å². The van der Waals surface area contributed by atoms with Crippen molar-refractivity contribution < 1.29 is 59.5 Å². The third-order valence-electron chi connectivity index (χ3n) is 4.63. The number of aliphatic hydroxyl groups is 7. The van der Waals surface area contributed by atoms with E-state index in [-0.39, 0.29) is 6.61 Å². The summed E-state index contributed by atoms with van der Waals surface area (Å²) in [5, 5.41) is 71.2. The lowest BCUT2D eigenvalue weighted by atomic mass is 9.95. The van der Waals surface area contributed by atoms with E-state index in [1.54, 1.807) is 0 Å². The Morgan fingerprint density at radius 3 is 2.21 bits per heavy atom. The molecule has 13 heteroatoms. The summed E-state index contributed by atoms with van der Waals surface area (Å²) in [4.78, 5) is 11.7. The topological polar surface area (TPSA) is 208 Å². The Morgan fingerprint density at radius 1 is 0.966 bits per heavy atom. The van der Waals surface area contributed by atoms with Gasteiger partial charge in [0.15, 0.2) is 12.6 Å². The van der Waals surface area contributed by atoms with E-state index in [0.717, 1.165) is 0 Å². The van der Waals surface area contributed by atoms with Crippen LogP contribution in [0.25, 0.3) is 0 Å². The number of alkyl carbamates (subject to hydrolysis) is 1. The van der Waals surface area contributed by atoms with Crippen molar-refractivity contribution in [3.8, 4) is 0 Å². The van der Waals surface area contributed by atoms with Gasteiger partial charge in [-0.2, -0.15) is 0 Å². The van der Waals surface area contributed by atoms with Crippen LogP contribution in [0.1, 0.15) is 0 Å². The molecule has 0 aromatic carbocycles. The molecule has 0 saturated carbocycles. The highest BCUT2D eigenvalue weighted by Gasteiger charge is 2.50. The summed E-state index contributed by atoms with van der Waals surface area (Å²) in [5.74, 6) is 0. The van der Waals surface area contributed by atoms with Gasteiger partial charge < -0.3 is 60.0 Å². The van der Waals surface area contributed by atoms with E-state index >= 15 is 0 Å². The van der Waals surface area contributed by atoms with Crippen LogP contribution in [0.15, 0.2) is 12.7 Å². The maximum absolute atomic E-state index is 11.7. The lowest BCUT2D eigenvalue weighted by molar-refractivity contribution is -0.345. The molecule has 168 valence electrons. The van der Waals surface area contributed by atoms with E-state index < -0.39 is 80.7 Å². The van der Waals surface area contributed by atoms with E-state index in [2.05, 4.69) is 11.9 Å². The fourth-order valence-electron chi connectivity index (χ4n) is 3.05. The van der Waals surface area contributed by atoms with Crippen LogP contribution < -0.4 is 5.32 Å². The predicted molar refractivity (Wildman–Crippen MR) is 91.1 cm³/mol. The Kier molecular flexibility index (Phi) is 8.72. The molecule has 2 rings (SSSR count). The zero-order chi connectivity index (χ0) is 21.7. The molecular weight excluding hydrogens is 398 g/mol. The van der Waals surface area contributed by atoms with Gasteiger partial charge in [0, 0.05) is 0 Å². The number of hydrogen-bond donors (Lipinski definition) is 8. The van der Waals surface area contributed by atoms with Crippen molar-refractivity contribution in [1.29, 1.82) is 0 Å². The molecule has 0 spiro atoms. The standard InChI is InChI=1S/C16H27NO12/c1-2-3-26-16(25)17-8-10(21)13(7(5-19)27-14(8)24)29-15-12(23)11(22)9(20)6(4-18)28-15/h2,6-15,18-24H,1,3-5H2,(H,17,25)/t6-,7+,8+,9-,10-,11+,12+,13+,14+,15+/m0/s1. The Labute approximate surface area is 165 Å². The van der Waals surface area contributed by atoms with E-state index in [1.165, 1.54) is 6.08 Å². The second-order valence-electron chi connectivity index (χ2n) is 6.59. The summed E-state index contributed by atoms with van der Waals surface area (Å²) in [6.45, 7) is 1.82. The normalized spacial score (nSPS) is 42.9. The highest BCUT2D eigenvalue weighted by atomic mass is 16.7. The van der Waals surface area contributed by atoms with Crippen LogP contribution in [0.5, 0.6) is 0 Å². The molecule has 0 unspecified atom stereocenters. The van der Waals surface area contributed by atoms with Gasteiger partial charge >= 0.3 is 6.09 Å². The highest BCUT2D eigenvalue weighted by molar-refractivity contribution is 5.67. The van der Waals surface area contributed by atoms with E-state index in [0.29, 0.717) is 0 Å². The summed E-state index contributed by atoms with van der Waals surface area (Å²) in [6.07, 6.45) is -13.8. The van der Waals surface area contributed by atoms with Crippen LogP contribution in [-0.4, -0.2) is 123 Å². The van der Waals surface area contributed by atoms with E-state index in [4.69, 9.17) is 18.9 Å². The van der Waals surface area contributed by atoms with Crippen LogP contribution in [0.4, 0.5) is 4.79 Å². The molecule has 2 aliphatic rings. The molecule has 2 saturated heterocycles. The summed E-state index contributed by atoms with van der Waals surface area (Å²) < 4.78 is 20.5. The van der Waals surface area contributed by atoms with E-state index in [1.807, 2.05) is 0 Å². The molecule has 0 aromatic rings. The Morgan fingerprint density at radius 2 is 1.62 bits per heavy atom.